The van der Waals surface area contributed by atoms with Gasteiger partial charge in [0.15, 0.2) is 0 Å². The summed E-state index contributed by atoms with van der Waals surface area (Å²) in [7, 11) is -3.88. The average molecular weight is 2260 g/mol. The van der Waals surface area contributed by atoms with Gasteiger partial charge in [-0.05, 0) is 261 Å². The van der Waals surface area contributed by atoms with E-state index in [4.69, 9.17) is 34.2 Å². The number of carboxylic acids is 1. The van der Waals surface area contributed by atoms with E-state index >= 15 is 0 Å². The van der Waals surface area contributed by atoms with Gasteiger partial charge in [0.25, 0.3) is 0 Å². The van der Waals surface area contributed by atoms with Crippen molar-refractivity contribution in [3.05, 3.63) is 261 Å². The molecule has 0 fully saturated rings. The zero-order valence-electron chi connectivity index (χ0n) is 80.6. The van der Waals surface area contributed by atoms with Crippen molar-refractivity contribution in [1.82, 2.24) is 15.0 Å². The van der Waals surface area contributed by atoms with Crippen LogP contribution in [0.2, 0.25) is 0 Å². The number of hydrogen-bond donors (Lipinski definition) is 2. The molecule has 31 heteroatoms. The number of thioether (sulfide) groups is 2. The van der Waals surface area contributed by atoms with Gasteiger partial charge in [-0.3, -0.25) is 9.59 Å². The van der Waals surface area contributed by atoms with Gasteiger partial charge in [0.2, 0.25) is 9.84 Å². The Balaban J connectivity index is 0.000000299. The Kier molecular flexibility index (Phi) is 51.8. The van der Waals surface area contributed by atoms with Gasteiger partial charge in [-0.25, -0.2) is 47.3 Å². The van der Waals surface area contributed by atoms with E-state index in [2.05, 4.69) is 132 Å². The molecule has 8 aromatic carbocycles. The first-order valence-corrected chi connectivity index (χ1v) is 54.9. The molecule has 3 aromatic heterocycles. The van der Waals surface area contributed by atoms with Crippen molar-refractivity contribution >= 4 is 185 Å². The molecule has 11 rings (SSSR count). The fraction of sp³-hybridized carbons (Fsp3) is 0.396. The first kappa shape index (κ1) is 119. The number of carbonyl (C=O) groups excluding carboxylic acids is 6. The Labute approximate surface area is 869 Å². The second kappa shape index (κ2) is 59.5. The zero-order chi connectivity index (χ0) is 101. The summed E-state index contributed by atoms with van der Waals surface area (Å²) in [6.07, 6.45) is 16.6. The highest BCUT2D eigenvalue weighted by Gasteiger charge is 2.27. The molecule has 0 spiro atoms. The summed E-state index contributed by atoms with van der Waals surface area (Å²) in [6.45, 7) is 36.3. The lowest BCUT2D eigenvalue weighted by Crippen LogP contribution is -2.23. The summed E-state index contributed by atoms with van der Waals surface area (Å²) >= 11 is 22.5. The Morgan fingerprint density at radius 2 is 0.788 bits per heavy atom. The number of carbonyl (C=O) groups is 7. The number of esters is 6. The van der Waals surface area contributed by atoms with Crippen molar-refractivity contribution in [3.63, 3.8) is 0 Å². The first-order valence-electron chi connectivity index (χ1n) is 45.0. The van der Waals surface area contributed by atoms with Crippen LogP contribution >= 0.6 is 133 Å². The van der Waals surface area contributed by atoms with Gasteiger partial charge >= 0.3 is 41.8 Å². The molecule has 0 amide bonds. The minimum Gasteiger partial charge on any atom is -0.478 e. The predicted molar refractivity (Wildman–Crippen MR) is 575 cm³/mol. The lowest BCUT2D eigenvalue weighted by Gasteiger charge is -2.20. The highest BCUT2D eigenvalue weighted by molar-refractivity contribution is 9.11. The minimum atomic E-state index is -3.88. The Morgan fingerprint density at radius 3 is 1.15 bits per heavy atom. The molecule has 0 aliphatic carbocycles. The Bertz CT molecular complexity index is 5750. The number of thiazole rings is 3. The summed E-state index contributed by atoms with van der Waals surface area (Å²) in [5.74, 6) is -0.739. The van der Waals surface area contributed by atoms with Gasteiger partial charge < -0.3 is 39.3 Å². The third-order valence-electron chi connectivity index (χ3n) is 18.9. The largest absolute Gasteiger partial charge is 0.478 e. The zero-order valence-corrected chi connectivity index (χ0v) is 92.6. The van der Waals surface area contributed by atoms with Crippen molar-refractivity contribution < 1.29 is 75.5 Å². The molecule has 2 unspecified atom stereocenters. The maximum atomic E-state index is 12.9. The lowest BCUT2D eigenvalue weighted by molar-refractivity contribution is -0.145. The molecular weight excluding hydrogens is 2130 g/mol. The summed E-state index contributed by atoms with van der Waals surface area (Å²) < 4.78 is 63.3. The van der Waals surface area contributed by atoms with Crippen molar-refractivity contribution in [2.24, 2.45) is 17.6 Å². The number of hydrogen-bond acceptors (Lipinski definition) is 25. The summed E-state index contributed by atoms with van der Waals surface area (Å²) in [6, 6.07) is 55.6. The van der Waals surface area contributed by atoms with Crippen molar-refractivity contribution in [1.29, 1.82) is 0 Å². The van der Waals surface area contributed by atoms with Crippen LogP contribution < -0.4 is 5.73 Å². The van der Waals surface area contributed by atoms with E-state index in [0.29, 0.717) is 82.2 Å². The second-order valence-corrected chi connectivity index (χ2v) is 48.5. The quantitative estimate of drug-likeness (QED) is 0.0212. The molecule has 0 saturated carbocycles. The van der Waals surface area contributed by atoms with Gasteiger partial charge in [0, 0.05) is 46.2 Å². The van der Waals surface area contributed by atoms with Crippen LogP contribution in [0.3, 0.4) is 0 Å². The molecule has 137 heavy (non-hydrogen) atoms. The number of carboxylic acid groups (broad SMARTS) is 1. The number of sulfone groups is 1. The number of aromatic carboxylic acids is 1. The van der Waals surface area contributed by atoms with Crippen LogP contribution in [0.1, 0.15) is 263 Å². The van der Waals surface area contributed by atoms with E-state index in [9.17, 15) is 47.1 Å². The normalized spacial score (nSPS) is 11.6. The van der Waals surface area contributed by atoms with Crippen molar-refractivity contribution in [2.75, 3.05) is 24.7 Å². The molecule has 0 saturated heterocycles. The number of unbranched alkanes of at least 4 members (excludes halogenated alkanes) is 2. The molecule has 0 bridgehead atoms. The third-order valence-corrected chi connectivity index (χ3v) is 29.3. The second-order valence-electron chi connectivity index (χ2n) is 35.1. The molecule has 0 aliphatic heterocycles. The van der Waals surface area contributed by atoms with Crippen LogP contribution in [-0.4, -0.2) is 117 Å². The fourth-order valence-corrected chi connectivity index (χ4v) is 21.8. The van der Waals surface area contributed by atoms with Crippen LogP contribution in [0.4, 0.5) is 0 Å². The number of benzene rings is 8. The highest BCUT2D eigenvalue weighted by atomic mass is 79.9. The van der Waals surface area contributed by atoms with Crippen LogP contribution in [-0.2, 0) is 67.2 Å². The van der Waals surface area contributed by atoms with Gasteiger partial charge in [-0.1, -0.05) is 238 Å². The number of aryl methyl sites for hydroxylation is 2. The van der Waals surface area contributed by atoms with Gasteiger partial charge in [0.05, 0.1) is 95.4 Å². The first-order chi connectivity index (χ1) is 64.2. The molecule has 11 aromatic rings. The molecule has 3 N–H and O–H groups in total. The van der Waals surface area contributed by atoms with Gasteiger partial charge in [-0.15, -0.1) is 57.5 Å². The van der Waals surface area contributed by atoms with Crippen LogP contribution in [0.5, 0.6) is 0 Å². The number of rotatable bonds is 35. The average Bonchev–Trinajstić information content (AvgIpc) is 1.18. The Hall–Kier alpha value is -8.18. The van der Waals surface area contributed by atoms with Gasteiger partial charge in [0.1, 0.15) is 31.6 Å². The highest BCUT2D eigenvalue weighted by Crippen LogP contribution is 2.39. The number of nitrogens with zero attached hydrogens (tertiary/aromatic N) is 3. The van der Waals surface area contributed by atoms with Crippen LogP contribution in [0, 0.1) is 11.8 Å². The number of halogens is 4. The smallest absolute Gasteiger partial charge is 0.338 e. The van der Waals surface area contributed by atoms with E-state index < -0.39 is 38.2 Å². The van der Waals surface area contributed by atoms with Crippen molar-refractivity contribution in [2.45, 2.75) is 266 Å². The maximum absolute atomic E-state index is 12.9. The predicted octanol–water partition coefficient (Wildman–Crippen LogP) is 30.7. The molecule has 20 nitrogen and oxygen atoms in total. The van der Waals surface area contributed by atoms with E-state index in [1.807, 2.05) is 199 Å². The molecular formula is C106H130Br4N4O16S7. The van der Waals surface area contributed by atoms with Gasteiger partial charge in [-0.2, -0.15) is 0 Å². The van der Waals surface area contributed by atoms with E-state index in [1.54, 1.807) is 94.7 Å². The molecule has 3 heterocycles. The standard InChI is InChI=1S/C28H38O4S.C22H33BrO4S.C22H23NO2S2.C17H14N2O4S2.C11H12Br2O2.C5H6BrNS.CH4/c1-6-8-12-21(7-2)20-31-26(29)15-16-33-25-18-23(22-13-10-9-11-14-22)17-24(19-25)27(30)32-28(3,4)5;1-6-8-9-16(7-2)15-26-20(24)10-11-28-19-13-17(12-18(23)14-19)21(25)27-22(3,4)5;1-5-19-23-14-20(27-19)26-18-12-16(15-9-7-6-8-10-15)11-17(13-18)21(24)25-22(2,3)4;18-9-15-19-10-16(24-15)25(22,23)14-7-12(6-13(8-14)17(20)21)11-4-2-1-3-5-11;1-11(2,3)15-10(14)7-4-8(12)6-9(13)5-7;1-2-5-7-3-4(6)8-5;/h9-11,13-14,17-19,21H,6-8,12,15-16,20H2,1-5H3;12-14,16H,6-11,15H2,1-5H3;6-14H,5H2,1-4H3;1-8,10H,9,18H2,(H,20,21);4-6H,1-3H3;3H,2H2,1H3;1H4. The van der Waals surface area contributed by atoms with E-state index in [0.717, 1.165) is 131 Å². The summed E-state index contributed by atoms with van der Waals surface area (Å²) in [5, 5.41) is 12.1. The lowest BCUT2D eigenvalue weighted by atomic mass is 10.0. The molecule has 740 valence electrons. The number of ether oxygens (including phenoxy) is 6. The van der Waals surface area contributed by atoms with Crippen molar-refractivity contribution in [3.8, 4) is 33.4 Å². The number of nitrogens with two attached hydrogens (primary N) is 1. The molecule has 2 atom stereocenters. The van der Waals surface area contributed by atoms with Crippen LogP contribution in [0.25, 0.3) is 33.4 Å². The number of aromatic nitrogens is 3. The summed E-state index contributed by atoms with van der Waals surface area (Å²) in [5.41, 5.74) is 10.7. The minimum absolute atomic E-state index is 0. The Morgan fingerprint density at radius 1 is 0.423 bits per heavy atom. The molecule has 0 aliphatic rings. The van der Waals surface area contributed by atoms with E-state index in [-0.39, 0.29) is 64.5 Å². The maximum Gasteiger partial charge on any atom is 0.338 e. The van der Waals surface area contributed by atoms with E-state index in [1.165, 1.54) is 54.4 Å². The fourth-order valence-electron chi connectivity index (χ4n) is 12.2. The SMILES string of the molecule is C.CC(C)(C)OC(=O)c1cc(Br)cc(Br)c1.CCCCC(CC)COC(=O)CCSc1cc(Br)cc(C(=O)OC(C)(C)C)c1.CCCCC(CC)COC(=O)CCSc1cc(C(=O)OC(C)(C)C)cc(-c2ccccc2)c1.CCc1ncc(Br)s1.CCc1ncc(Sc2cc(C(=O)OC(C)(C)C)cc(-c3ccccc3)c2)s1.NCc1ncc(S(=O)(=O)c2cc(C(=O)O)cc(-c3ccccc3)c2)s1. The molecule has 0 radical (unpaired) electrons. The summed E-state index contributed by atoms with van der Waals surface area (Å²) in [4.78, 5) is 100. The third kappa shape index (κ3) is 45.5. The monoisotopic (exact) mass is 2250 g/mol. The van der Waals surface area contributed by atoms with Crippen LogP contribution in [0.15, 0.2) is 246 Å². The topological polar surface area (TPSA) is 294 Å².